The van der Waals surface area contributed by atoms with E-state index in [1.54, 1.807) is 39.0 Å². The Balaban J connectivity index is 1.92. The first-order valence-electron chi connectivity index (χ1n) is 8.55. The number of halogens is 1. The summed E-state index contributed by atoms with van der Waals surface area (Å²) in [5.74, 6) is 0.00233. The third-order valence-corrected chi connectivity index (χ3v) is 6.70. The van der Waals surface area contributed by atoms with Gasteiger partial charge >= 0.3 is 0 Å². The molecule has 1 N–H and O–H groups in total. The second-order valence-electron chi connectivity index (χ2n) is 6.63. The van der Waals surface area contributed by atoms with Crippen LogP contribution in [-0.4, -0.2) is 36.7 Å². The highest BCUT2D eigenvalue weighted by Crippen LogP contribution is 2.25. The number of hydrogen-bond acceptors (Lipinski definition) is 5. The summed E-state index contributed by atoms with van der Waals surface area (Å²) in [4.78, 5) is 16.9. The molecule has 0 spiro atoms. The van der Waals surface area contributed by atoms with E-state index in [0.717, 1.165) is 0 Å². The summed E-state index contributed by atoms with van der Waals surface area (Å²) in [5, 5.41) is 2.87. The van der Waals surface area contributed by atoms with Gasteiger partial charge in [0.25, 0.3) is 5.91 Å². The van der Waals surface area contributed by atoms with E-state index in [4.69, 9.17) is 16.0 Å². The van der Waals surface area contributed by atoms with Gasteiger partial charge in [0.1, 0.15) is 5.52 Å². The molecule has 2 aromatic carbocycles. The van der Waals surface area contributed by atoms with E-state index in [-0.39, 0.29) is 21.5 Å². The molecule has 0 aliphatic rings. The maximum Gasteiger partial charge on any atom is 0.257 e. The highest BCUT2D eigenvalue weighted by atomic mass is 35.5. The quantitative estimate of drug-likeness (QED) is 0.670. The van der Waals surface area contributed by atoms with Crippen molar-refractivity contribution in [3.05, 3.63) is 52.9 Å². The maximum atomic E-state index is 12.7. The molecule has 7 nitrogen and oxygen atoms in total. The molecular formula is C19H20ClN3O4S. The lowest BCUT2D eigenvalue weighted by Gasteiger charge is -2.21. The van der Waals surface area contributed by atoms with Gasteiger partial charge in [0.2, 0.25) is 10.0 Å². The molecular weight excluding hydrogens is 402 g/mol. The van der Waals surface area contributed by atoms with E-state index in [1.807, 2.05) is 0 Å². The summed E-state index contributed by atoms with van der Waals surface area (Å²) in [7, 11) is -2.25. The third kappa shape index (κ3) is 3.89. The van der Waals surface area contributed by atoms with Crippen LogP contribution < -0.4 is 5.32 Å². The average Bonchev–Trinajstić information content (AvgIpc) is 3.00. The van der Waals surface area contributed by atoms with Gasteiger partial charge in [-0.25, -0.2) is 13.4 Å². The van der Waals surface area contributed by atoms with Crippen molar-refractivity contribution in [3.63, 3.8) is 0 Å². The topological polar surface area (TPSA) is 92.5 Å². The van der Waals surface area contributed by atoms with Crippen LogP contribution in [0, 0.1) is 6.92 Å². The second kappa shape index (κ2) is 7.54. The smallest absolute Gasteiger partial charge is 0.257 e. The van der Waals surface area contributed by atoms with E-state index in [0.29, 0.717) is 22.7 Å². The Morgan fingerprint density at radius 3 is 2.61 bits per heavy atom. The average molecular weight is 422 g/mol. The maximum absolute atomic E-state index is 12.7. The first-order chi connectivity index (χ1) is 13.1. The monoisotopic (exact) mass is 421 g/mol. The lowest BCUT2D eigenvalue weighted by Crippen LogP contribution is -2.33. The van der Waals surface area contributed by atoms with Crippen LogP contribution in [0.1, 0.15) is 30.1 Å². The molecule has 9 heteroatoms. The van der Waals surface area contributed by atoms with Gasteiger partial charge in [-0.05, 0) is 50.2 Å². The number of sulfonamides is 1. The zero-order chi connectivity index (χ0) is 20.6. The molecule has 0 saturated heterocycles. The van der Waals surface area contributed by atoms with Crippen LogP contribution in [0.3, 0.4) is 0 Å². The first kappa shape index (κ1) is 20.3. The molecule has 1 amide bonds. The van der Waals surface area contributed by atoms with Crippen molar-refractivity contribution in [2.24, 2.45) is 0 Å². The molecule has 0 radical (unpaired) electrons. The van der Waals surface area contributed by atoms with Gasteiger partial charge in [0.15, 0.2) is 11.5 Å². The molecule has 3 aromatic rings. The zero-order valence-corrected chi connectivity index (χ0v) is 17.4. The van der Waals surface area contributed by atoms with E-state index in [2.05, 4.69) is 10.3 Å². The third-order valence-electron chi connectivity index (χ3n) is 4.34. The van der Waals surface area contributed by atoms with Gasteiger partial charge in [0, 0.05) is 25.7 Å². The van der Waals surface area contributed by atoms with Crippen LogP contribution in [0.25, 0.3) is 11.1 Å². The number of nitrogens with one attached hydrogen (secondary N) is 1. The van der Waals surface area contributed by atoms with Gasteiger partial charge in [-0.3, -0.25) is 4.79 Å². The summed E-state index contributed by atoms with van der Waals surface area (Å²) in [6, 6.07) is 8.89. The number of oxazole rings is 1. The molecule has 0 aliphatic carbocycles. The van der Waals surface area contributed by atoms with Crippen LogP contribution in [0.15, 0.2) is 45.7 Å². The molecule has 148 valence electrons. The lowest BCUT2D eigenvalue weighted by atomic mass is 10.2. The van der Waals surface area contributed by atoms with Crippen LogP contribution in [0.4, 0.5) is 5.69 Å². The standard InChI is InChI=1S/C19H20ClN3O4S/c1-11(2)23(4)28(25,26)14-6-7-16(20)15(10-14)19(24)22-13-5-8-18-17(9-13)21-12(3)27-18/h5-11H,1-4H3,(H,22,24). The van der Waals surface area contributed by atoms with Gasteiger partial charge in [-0.2, -0.15) is 4.31 Å². The van der Waals surface area contributed by atoms with Crippen molar-refractivity contribution in [2.45, 2.75) is 31.7 Å². The van der Waals surface area contributed by atoms with Crippen molar-refractivity contribution in [1.29, 1.82) is 0 Å². The predicted molar refractivity (Wildman–Crippen MR) is 108 cm³/mol. The van der Waals surface area contributed by atoms with Crippen LogP contribution in [0.5, 0.6) is 0 Å². The molecule has 0 fully saturated rings. The second-order valence-corrected chi connectivity index (χ2v) is 9.03. The van der Waals surface area contributed by atoms with Gasteiger partial charge in [-0.15, -0.1) is 0 Å². The number of hydrogen-bond donors (Lipinski definition) is 1. The van der Waals surface area contributed by atoms with E-state index >= 15 is 0 Å². The minimum absolute atomic E-state index is 0.000767. The molecule has 0 atom stereocenters. The van der Waals surface area contributed by atoms with Crippen molar-refractivity contribution in [3.8, 4) is 0 Å². The summed E-state index contributed by atoms with van der Waals surface area (Å²) in [6.07, 6.45) is 0. The van der Waals surface area contributed by atoms with Crippen molar-refractivity contribution in [1.82, 2.24) is 9.29 Å². The highest BCUT2D eigenvalue weighted by Gasteiger charge is 2.25. The summed E-state index contributed by atoms with van der Waals surface area (Å²) in [6.45, 7) is 5.27. The number of rotatable bonds is 5. The first-order valence-corrected chi connectivity index (χ1v) is 10.4. The Morgan fingerprint density at radius 1 is 1.21 bits per heavy atom. The number of anilines is 1. The fourth-order valence-corrected chi connectivity index (χ4v) is 4.20. The molecule has 3 rings (SSSR count). The van der Waals surface area contributed by atoms with Crippen LogP contribution >= 0.6 is 11.6 Å². The van der Waals surface area contributed by atoms with Crippen molar-refractivity contribution in [2.75, 3.05) is 12.4 Å². The summed E-state index contributed by atoms with van der Waals surface area (Å²) in [5.41, 5.74) is 1.78. The fourth-order valence-electron chi connectivity index (χ4n) is 2.60. The molecule has 0 aliphatic heterocycles. The Hall–Kier alpha value is -2.42. The van der Waals surface area contributed by atoms with Crippen LogP contribution in [0.2, 0.25) is 5.02 Å². The number of benzene rings is 2. The number of nitrogens with zero attached hydrogens (tertiary/aromatic N) is 2. The van der Waals surface area contributed by atoms with Gasteiger partial charge < -0.3 is 9.73 Å². The number of aryl methyl sites for hydroxylation is 1. The minimum atomic E-state index is -3.74. The predicted octanol–water partition coefficient (Wildman–Crippen LogP) is 4.07. The Morgan fingerprint density at radius 2 is 1.93 bits per heavy atom. The Labute approximate surface area is 168 Å². The molecule has 0 bridgehead atoms. The Kier molecular flexibility index (Phi) is 5.47. The van der Waals surface area contributed by atoms with Crippen molar-refractivity contribution >= 4 is 44.3 Å². The summed E-state index contributed by atoms with van der Waals surface area (Å²) < 4.78 is 32.0. The van der Waals surface area contributed by atoms with E-state index < -0.39 is 15.9 Å². The number of amides is 1. The lowest BCUT2D eigenvalue weighted by molar-refractivity contribution is 0.102. The number of carbonyl (C=O) groups is 1. The fraction of sp³-hybridized carbons (Fsp3) is 0.263. The molecule has 1 aromatic heterocycles. The van der Waals surface area contributed by atoms with E-state index in [9.17, 15) is 13.2 Å². The summed E-state index contributed by atoms with van der Waals surface area (Å²) >= 11 is 6.15. The highest BCUT2D eigenvalue weighted by molar-refractivity contribution is 7.89. The zero-order valence-electron chi connectivity index (χ0n) is 15.9. The van der Waals surface area contributed by atoms with Gasteiger partial charge in [-0.1, -0.05) is 11.6 Å². The normalized spacial score (nSPS) is 12.1. The Bertz CT molecular complexity index is 1160. The molecule has 0 unspecified atom stereocenters. The van der Waals surface area contributed by atoms with Gasteiger partial charge in [0.05, 0.1) is 15.5 Å². The molecule has 0 saturated carbocycles. The van der Waals surface area contributed by atoms with Crippen LogP contribution in [-0.2, 0) is 10.0 Å². The number of carbonyl (C=O) groups excluding carboxylic acids is 1. The molecule has 28 heavy (non-hydrogen) atoms. The SMILES string of the molecule is Cc1nc2cc(NC(=O)c3cc(S(=O)(=O)N(C)C(C)C)ccc3Cl)ccc2o1. The number of aromatic nitrogens is 1. The number of fused-ring (bicyclic) bond motifs is 1. The van der Waals surface area contributed by atoms with Crippen molar-refractivity contribution < 1.29 is 17.6 Å². The molecule has 1 heterocycles. The minimum Gasteiger partial charge on any atom is -0.441 e. The largest absolute Gasteiger partial charge is 0.441 e. The van der Waals surface area contributed by atoms with E-state index in [1.165, 1.54) is 29.6 Å².